The Morgan fingerprint density at radius 3 is 2.33 bits per heavy atom. The highest BCUT2D eigenvalue weighted by atomic mass is 16.1. The molecule has 0 unspecified atom stereocenters. The van der Waals surface area contributed by atoms with Crippen molar-refractivity contribution in [1.82, 2.24) is 4.57 Å². The average molecular weight is 240 g/mol. The molecule has 0 spiro atoms. The van der Waals surface area contributed by atoms with Gasteiger partial charge in [-0.1, -0.05) is 0 Å². The normalized spacial score (nSPS) is 11.1. The minimum Gasteiger partial charge on any atom is -0.347 e. The molecule has 3 nitrogen and oxygen atoms in total. The van der Waals surface area contributed by atoms with E-state index >= 15 is 0 Å². The lowest BCUT2D eigenvalue weighted by atomic mass is 10.1. The molecule has 1 aromatic carbocycles. The zero-order valence-corrected chi connectivity index (χ0v) is 10.8. The van der Waals surface area contributed by atoms with Gasteiger partial charge >= 0.3 is 0 Å². The standard InChI is InChI=1S/C15H16N2O/c1-11-4-9-15(17(11)3)10-16-14-7-5-13(6-8-14)12(2)18/h4-10H,1-3H3. The van der Waals surface area contributed by atoms with Crippen LogP contribution in [0.15, 0.2) is 41.4 Å². The van der Waals surface area contributed by atoms with Gasteiger partial charge in [-0.15, -0.1) is 0 Å². The maximum Gasteiger partial charge on any atom is 0.159 e. The molecule has 0 aliphatic heterocycles. The predicted octanol–water partition coefficient (Wildman–Crippen LogP) is 3.29. The number of hydrogen-bond donors (Lipinski definition) is 0. The van der Waals surface area contributed by atoms with E-state index in [0.717, 1.165) is 11.4 Å². The van der Waals surface area contributed by atoms with E-state index < -0.39 is 0 Å². The Bertz CT molecular complexity index is 591. The third-order valence-corrected chi connectivity index (χ3v) is 3.03. The summed E-state index contributed by atoms with van der Waals surface area (Å²) in [5, 5.41) is 0. The molecule has 2 rings (SSSR count). The molecule has 0 radical (unpaired) electrons. The van der Waals surface area contributed by atoms with Crippen LogP contribution in [0, 0.1) is 6.92 Å². The maximum atomic E-state index is 11.1. The fourth-order valence-corrected chi connectivity index (χ4v) is 1.69. The number of aromatic nitrogens is 1. The number of hydrogen-bond acceptors (Lipinski definition) is 2. The van der Waals surface area contributed by atoms with E-state index in [0.29, 0.717) is 5.56 Å². The van der Waals surface area contributed by atoms with Gasteiger partial charge in [0.1, 0.15) is 0 Å². The molecule has 0 aliphatic rings. The quantitative estimate of drug-likeness (QED) is 0.598. The molecule has 0 saturated heterocycles. The number of aliphatic imine (C=N–C) groups is 1. The van der Waals surface area contributed by atoms with Crippen LogP contribution in [0.4, 0.5) is 5.69 Å². The maximum absolute atomic E-state index is 11.1. The van der Waals surface area contributed by atoms with Gasteiger partial charge in [-0.05, 0) is 50.2 Å². The van der Waals surface area contributed by atoms with Crippen LogP contribution >= 0.6 is 0 Å². The first-order chi connectivity index (χ1) is 8.58. The number of carbonyl (C=O) groups excluding carboxylic acids is 1. The summed E-state index contributed by atoms with van der Waals surface area (Å²) >= 11 is 0. The van der Waals surface area contributed by atoms with E-state index in [1.807, 2.05) is 31.5 Å². The molecule has 0 aliphatic carbocycles. The Hall–Kier alpha value is -2.16. The minimum absolute atomic E-state index is 0.0728. The highest BCUT2D eigenvalue weighted by Gasteiger charge is 1.99. The predicted molar refractivity (Wildman–Crippen MR) is 73.9 cm³/mol. The highest BCUT2D eigenvalue weighted by molar-refractivity contribution is 5.94. The zero-order chi connectivity index (χ0) is 13.1. The largest absolute Gasteiger partial charge is 0.347 e. The summed E-state index contributed by atoms with van der Waals surface area (Å²) in [4.78, 5) is 15.5. The van der Waals surface area contributed by atoms with Gasteiger partial charge in [0.05, 0.1) is 17.6 Å². The summed E-state index contributed by atoms with van der Waals surface area (Å²) in [7, 11) is 2.01. The van der Waals surface area contributed by atoms with Crippen molar-refractivity contribution in [2.75, 3.05) is 0 Å². The molecule has 3 heteroatoms. The van der Waals surface area contributed by atoms with Gasteiger partial charge < -0.3 is 4.57 Å². The Labute approximate surface area is 107 Å². The first-order valence-corrected chi connectivity index (χ1v) is 5.85. The second kappa shape index (κ2) is 5.00. The highest BCUT2D eigenvalue weighted by Crippen LogP contribution is 2.14. The van der Waals surface area contributed by atoms with Crippen molar-refractivity contribution in [3.63, 3.8) is 0 Å². The third kappa shape index (κ3) is 2.56. The van der Waals surface area contributed by atoms with Gasteiger partial charge in [0.15, 0.2) is 5.78 Å². The van der Waals surface area contributed by atoms with Crippen molar-refractivity contribution in [3.8, 4) is 0 Å². The lowest BCUT2D eigenvalue weighted by Gasteiger charge is -2.00. The zero-order valence-electron chi connectivity index (χ0n) is 10.8. The monoisotopic (exact) mass is 240 g/mol. The fraction of sp³-hybridized carbons (Fsp3) is 0.200. The summed E-state index contributed by atoms with van der Waals surface area (Å²) in [6.07, 6.45) is 1.83. The van der Waals surface area contributed by atoms with Gasteiger partial charge in [0, 0.05) is 18.3 Å². The van der Waals surface area contributed by atoms with E-state index in [-0.39, 0.29) is 5.78 Å². The van der Waals surface area contributed by atoms with Gasteiger partial charge in [-0.3, -0.25) is 9.79 Å². The number of carbonyl (C=O) groups is 1. The van der Waals surface area contributed by atoms with Crippen LogP contribution in [0.3, 0.4) is 0 Å². The van der Waals surface area contributed by atoms with Crippen molar-refractivity contribution in [3.05, 3.63) is 53.3 Å². The molecule has 0 saturated carbocycles. The molecule has 0 bridgehead atoms. The Morgan fingerprint density at radius 2 is 1.83 bits per heavy atom. The van der Waals surface area contributed by atoms with E-state index in [9.17, 15) is 4.79 Å². The Kier molecular flexibility index (Phi) is 3.42. The molecule has 0 atom stereocenters. The molecular weight excluding hydrogens is 224 g/mol. The van der Waals surface area contributed by atoms with Crippen LogP contribution in [0.2, 0.25) is 0 Å². The molecule has 1 aromatic heterocycles. The van der Waals surface area contributed by atoms with Crippen molar-refractivity contribution in [2.45, 2.75) is 13.8 Å². The van der Waals surface area contributed by atoms with Gasteiger partial charge in [-0.2, -0.15) is 0 Å². The van der Waals surface area contributed by atoms with E-state index in [4.69, 9.17) is 0 Å². The second-order valence-corrected chi connectivity index (χ2v) is 4.32. The van der Waals surface area contributed by atoms with Crippen LogP contribution in [-0.4, -0.2) is 16.6 Å². The average Bonchev–Trinajstić information content (AvgIpc) is 2.68. The molecule has 18 heavy (non-hydrogen) atoms. The molecule has 0 amide bonds. The summed E-state index contributed by atoms with van der Waals surface area (Å²) in [5.74, 6) is 0.0728. The molecule has 0 fully saturated rings. The topological polar surface area (TPSA) is 34.4 Å². The summed E-state index contributed by atoms with van der Waals surface area (Å²) in [6.45, 7) is 3.62. The number of nitrogens with zero attached hydrogens (tertiary/aromatic N) is 2. The number of ketones is 1. The van der Waals surface area contributed by atoms with Crippen molar-refractivity contribution < 1.29 is 4.79 Å². The molecule has 2 aromatic rings. The van der Waals surface area contributed by atoms with Crippen LogP contribution < -0.4 is 0 Å². The van der Waals surface area contributed by atoms with E-state index in [1.54, 1.807) is 19.1 Å². The van der Waals surface area contributed by atoms with Gasteiger partial charge in [0.2, 0.25) is 0 Å². The lowest BCUT2D eigenvalue weighted by molar-refractivity contribution is 0.101. The Morgan fingerprint density at radius 1 is 1.17 bits per heavy atom. The third-order valence-electron chi connectivity index (χ3n) is 3.03. The van der Waals surface area contributed by atoms with E-state index in [1.165, 1.54) is 5.69 Å². The molecule has 92 valence electrons. The van der Waals surface area contributed by atoms with Crippen LogP contribution in [0.25, 0.3) is 0 Å². The van der Waals surface area contributed by atoms with Crippen molar-refractivity contribution in [2.24, 2.45) is 12.0 Å². The number of benzene rings is 1. The second-order valence-electron chi connectivity index (χ2n) is 4.32. The minimum atomic E-state index is 0.0728. The smallest absolute Gasteiger partial charge is 0.159 e. The fourth-order valence-electron chi connectivity index (χ4n) is 1.69. The Balaban J connectivity index is 2.19. The van der Waals surface area contributed by atoms with Crippen molar-refractivity contribution in [1.29, 1.82) is 0 Å². The molecule has 1 heterocycles. The summed E-state index contributed by atoms with van der Waals surface area (Å²) in [5.41, 5.74) is 3.81. The first kappa shape index (κ1) is 12.3. The number of aryl methyl sites for hydroxylation is 1. The lowest BCUT2D eigenvalue weighted by Crippen LogP contribution is -1.96. The number of rotatable bonds is 3. The first-order valence-electron chi connectivity index (χ1n) is 5.85. The number of Topliss-reactive ketones (excluding diaryl/α,β-unsaturated/α-hetero) is 1. The van der Waals surface area contributed by atoms with Crippen LogP contribution in [0.1, 0.15) is 28.7 Å². The van der Waals surface area contributed by atoms with Crippen LogP contribution in [0.5, 0.6) is 0 Å². The summed E-state index contributed by atoms with van der Waals surface area (Å²) < 4.78 is 2.08. The van der Waals surface area contributed by atoms with Crippen molar-refractivity contribution >= 4 is 17.7 Å². The van der Waals surface area contributed by atoms with Crippen LogP contribution in [-0.2, 0) is 7.05 Å². The molecular formula is C15H16N2O. The SMILES string of the molecule is CC(=O)c1ccc(N=Cc2ccc(C)n2C)cc1. The summed E-state index contributed by atoms with van der Waals surface area (Å²) in [6, 6.07) is 11.4. The van der Waals surface area contributed by atoms with Gasteiger partial charge in [-0.25, -0.2) is 0 Å². The van der Waals surface area contributed by atoms with E-state index in [2.05, 4.69) is 22.5 Å². The van der Waals surface area contributed by atoms with Gasteiger partial charge in [0.25, 0.3) is 0 Å². The molecule has 0 N–H and O–H groups in total.